The van der Waals surface area contributed by atoms with E-state index in [1.807, 2.05) is 11.4 Å². The Balaban J connectivity index is 1.60. The Kier molecular flexibility index (Phi) is 8.03. The molecule has 4 N–H and O–H groups in total. The number of nitrogens with zero attached hydrogens (tertiary/aromatic N) is 4. The zero-order valence-electron chi connectivity index (χ0n) is 23.7. The number of aliphatic hydroxyl groups is 1. The summed E-state index contributed by atoms with van der Waals surface area (Å²) < 4.78 is 81.6. The summed E-state index contributed by atoms with van der Waals surface area (Å²) in [5, 5.41) is 26.2. The summed E-state index contributed by atoms with van der Waals surface area (Å²) in [6.45, 7) is -3.50. The van der Waals surface area contributed by atoms with Gasteiger partial charge in [0.15, 0.2) is 0 Å². The molecule has 240 valence electrons. The second kappa shape index (κ2) is 11.4. The standard InChI is InChI=1S/C29H22ClF5N6O5/c1-27(25(37)43)12-46-23-17(27)8-20(39-22(23)13-3-4-14(9-36)18(30)6-13)28(44,29(33,34)35)11-38-24(42)15-5-16-10-41(26(31)32)40-21(16)19(7-15)45-2/h3-8,10,26,44H,11-12H2,1-2H3,(H2,37,43)(H,38,42)/t27-,28-/m0/s1. The lowest BCUT2D eigenvalue weighted by Gasteiger charge is -2.31. The molecule has 5 rings (SSSR count). The topological polar surface area (TPSA) is 165 Å². The number of fused-ring (bicyclic) bond motifs is 2. The first-order chi connectivity index (χ1) is 21.5. The van der Waals surface area contributed by atoms with Crippen molar-refractivity contribution >= 4 is 34.3 Å². The van der Waals surface area contributed by atoms with Crippen molar-refractivity contribution in [2.24, 2.45) is 5.73 Å². The SMILES string of the molecule is COc1cc(C(=O)NC[C@](O)(c2cc3c(c(-c4ccc(C#N)c(Cl)c4)n2)OC[C@]3(C)C(N)=O)C(F)(F)F)cc2cn(C(F)F)nc12. The maximum Gasteiger partial charge on any atom is 0.424 e. The van der Waals surface area contributed by atoms with E-state index in [9.17, 15) is 41.9 Å². The molecule has 2 aromatic carbocycles. The van der Waals surface area contributed by atoms with Crippen LogP contribution in [-0.2, 0) is 15.8 Å². The molecule has 0 bridgehead atoms. The molecule has 11 nitrogen and oxygen atoms in total. The molecule has 0 saturated heterocycles. The minimum absolute atomic E-state index is 0.0244. The van der Waals surface area contributed by atoms with Gasteiger partial charge < -0.3 is 25.6 Å². The maximum atomic E-state index is 14.7. The summed E-state index contributed by atoms with van der Waals surface area (Å²) in [6, 6.07) is 8.78. The molecule has 0 spiro atoms. The molecule has 1 aliphatic rings. The Hall–Kier alpha value is -5.01. The number of aromatic nitrogens is 3. The fraction of sp³-hybridized carbons (Fsp3) is 0.276. The van der Waals surface area contributed by atoms with Gasteiger partial charge >= 0.3 is 12.7 Å². The second-order valence-electron chi connectivity index (χ2n) is 10.6. The van der Waals surface area contributed by atoms with Crippen molar-refractivity contribution in [1.29, 1.82) is 5.26 Å². The number of carbonyl (C=O) groups is 2. The minimum atomic E-state index is -5.45. The number of hydrogen-bond acceptors (Lipinski definition) is 8. The van der Waals surface area contributed by atoms with Crippen molar-refractivity contribution in [3.8, 4) is 28.8 Å². The van der Waals surface area contributed by atoms with Crippen LogP contribution in [0.4, 0.5) is 22.0 Å². The van der Waals surface area contributed by atoms with Crippen LogP contribution in [0.3, 0.4) is 0 Å². The molecule has 0 unspecified atom stereocenters. The second-order valence-corrected chi connectivity index (χ2v) is 11.0. The molecular formula is C29H22ClF5N6O5. The number of amides is 2. The van der Waals surface area contributed by atoms with Crippen molar-refractivity contribution in [3.05, 3.63) is 70.0 Å². The molecule has 46 heavy (non-hydrogen) atoms. The van der Waals surface area contributed by atoms with Crippen molar-refractivity contribution in [2.75, 3.05) is 20.3 Å². The Labute approximate surface area is 261 Å². The molecule has 0 radical (unpaired) electrons. The van der Waals surface area contributed by atoms with E-state index < -0.39 is 47.8 Å². The summed E-state index contributed by atoms with van der Waals surface area (Å²) in [6.07, 6.45) is -4.53. The molecule has 4 aromatic rings. The average Bonchev–Trinajstić information content (AvgIpc) is 3.60. The van der Waals surface area contributed by atoms with E-state index in [0.717, 1.165) is 24.4 Å². The van der Waals surface area contributed by atoms with E-state index in [1.165, 1.54) is 32.2 Å². The van der Waals surface area contributed by atoms with E-state index in [1.54, 1.807) is 0 Å². The molecule has 0 saturated carbocycles. The number of rotatable bonds is 8. The zero-order chi connectivity index (χ0) is 33.8. The molecule has 1 aliphatic heterocycles. The summed E-state index contributed by atoms with van der Waals surface area (Å²) in [5.41, 5.74) is -1.42. The first kappa shape index (κ1) is 32.4. The van der Waals surface area contributed by atoms with Crippen LogP contribution in [0, 0.1) is 11.3 Å². The molecular weight excluding hydrogens is 643 g/mol. The van der Waals surface area contributed by atoms with Gasteiger partial charge in [0.1, 0.15) is 40.8 Å². The number of nitriles is 1. The van der Waals surface area contributed by atoms with Gasteiger partial charge in [-0.2, -0.15) is 32.3 Å². The fourth-order valence-electron chi connectivity index (χ4n) is 4.90. The van der Waals surface area contributed by atoms with Crippen molar-refractivity contribution in [1.82, 2.24) is 20.1 Å². The summed E-state index contributed by atoms with van der Waals surface area (Å²) in [7, 11) is 1.18. The third-order valence-corrected chi connectivity index (χ3v) is 7.96. The smallest absolute Gasteiger partial charge is 0.424 e. The third kappa shape index (κ3) is 5.31. The minimum Gasteiger partial charge on any atom is -0.494 e. The third-order valence-electron chi connectivity index (χ3n) is 7.65. The molecule has 17 heteroatoms. The first-order valence-electron chi connectivity index (χ1n) is 13.1. The van der Waals surface area contributed by atoms with Gasteiger partial charge in [0.25, 0.3) is 5.91 Å². The van der Waals surface area contributed by atoms with E-state index in [2.05, 4.69) is 10.1 Å². The van der Waals surface area contributed by atoms with E-state index in [0.29, 0.717) is 4.68 Å². The lowest BCUT2D eigenvalue weighted by atomic mass is 9.81. The van der Waals surface area contributed by atoms with E-state index >= 15 is 0 Å². The van der Waals surface area contributed by atoms with Crippen LogP contribution in [0.1, 0.15) is 40.7 Å². The summed E-state index contributed by atoms with van der Waals surface area (Å²) in [4.78, 5) is 29.6. The largest absolute Gasteiger partial charge is 0.494 e. The number of carbonyl (C=O) groups excluding carboxylic acids is 2. The van der Waals surface area contributed by atoms with Crippen LogP contribution in [0.15, 0.2) is 42.6 Å². The quantitative estimate of drug-likeness (QED) is 0.234. The summed E-state index contributed by atoms with van der Waals surface area (Å²) >= 11 is 6.16. The van der Waals surface area contributed by atoms with Crippen molar-refractivity contribution < 1.29 is 46.1 Å². The van der Waals surface area contributed by atoms with Gasteiger partial charge in [-0.25, -0.2) is 9.67 Å². The van der Waals surface area contributed by atoms with Gasteiger partial charge in [-0.3, -0.25) is 9.59 Å². The van der Waals surface area contributed by atoms with Crippen LogP contribution in [-0.4, -0.2) is 58.1 Å². The zero-order valence-corrected chi connectivity index (χ0v) is 24.5. The van der Waals surface area contributed by atoms with Crippen LogP contribution in [0.25, 0.3) is 22.2 Å². The highest BCUT2D eigenvalue weighted by Crippen LogP contribution is 2.48. The van der Waals surface area contributed by atoms with Gasteiger partial charge in [0.05, 0.1) is 29.9 Å². The van der Waals surface area contributed by atoms with Crippen LogP contribution < -0.4 is 20.5 Å². The van der Waals surface area contributed by atoms with Gasteiger partial charge in [-0.15, -0.1) is 0 Å². The average molecular weight is 665 g/mol. The van der Waals surface area contributed by atoms with E-state index in [4.69, 9.17) is 26.8 Å². The maximum absolute atomic E-state index is 14.7. The van der Waals surface area contributed by atoms with Gasteiger partial charge in [0.2, 0.25) is 11.5 Å². The fourth-order valence-corrected chi connectivity index (χ4v) is 5.13. The Morgan fingerprint density at radius 3 is 2.59 bits per heavy atom. The number of pyridine rings is 1. The number of primary amides is 1. The monoisotopic (exact) mass is 664 g/mol. The van der Waals surface area contributed by atoms with E-state index in [-0.39, 0.29) is 62.0 Å². The lowest BCUT2D eigenvalue weighted by molar-refractivity contribution is -0.265. The highest BCUT2D eigenvalue weighted by molar-refractivity contribution is 6.32. The van der Waals surface area contributed by atoms with Gasteiger partial charge in [-0.05, 0) is 37.3 Å². The normalized spacial score (nSPS) is 17.2. The molecule has 2 aromatic heterocycles. The number of hydrogen-bond donors (Lipinski definition) is 3. The number of ether oxygens (including phenoxy) is 2. The number of nitrogens with one attached hydrogen (secondary N) is 1. The molecule has 3 heterocycles. The Bertz CT molecular complexity index is 1940. The van der Waals surface area contributed by atoms with Gasteiger partial charge in [-0.1, -0.05) is 17.7 Å². The summed E-state index contributed by atoms with van der Waals surface area (Å²) in [5.74, 6) is -2.26. The highest BCUT2D eigenvalue weighted by atomic mass is 35.5. The van der Waals surface area contributed by atoms with Gasteiger partial charge in [0, 0.05) is 28.3 Å². The van der Waals surface area contributed by atoms with Crippen LogP contribution in [0.5, 0.6) is 11.5 Å². The number of alkyl halides is 5. The molecule has 0 aliphatic carbocycles. The number of halogens is 6. The van der Waals surface area contributed by atoms with Crippen LogP contribution >= 0.6 is 11.6 Å². The Morgan fingerprint density at radius 2 is 2.00 bits per heavy atom. The number of nitrogens with two attached hydrogens (primary N) is 1. The Morgan fingerprint density at radius 1 is 1.28 bits per heavy atom. The number of benzene rings is 2. The lowest BCUT2D eigenvalue weighted by Crippen LogP contribution is -2.51. The molecule has 0 fully saturated rings. The predicted molar refractivity (Wildman–Crippen MR) is 151 cm³/mol. The molecule has 2 atom stereocenters. The first-order valence-corrected chi connectivity index (χ1v) is 13.5. The van der Waals surface area contributed by atoms with Crippen molar-refractivity contribution in [2.45, 2.75) is 30.7 Å². The molecule has 2 amide bonds. The number of methoxy groups -OCH3 is 1. The highest BCUT2D eigenvalue weighted by Gasteiger charge is 2.57. The van der Waals surface area contributed by atoms with Crippen LogP contribution in [0.2, 0.25) is 5.02 Å². The van der Waals surface area contributed by atoms with Crippen molar-refractivity contribution in [3.63, 3.8) is 0 Å². The predicted octanol–water partition coefficient (Wildman–Crippen LogP) is 4.34.